The third-order valence-corrected chi connectivity index (χ3v) is 9.49. The first-order valence-electron chi connectivity index (χ1n) is 10.9. The van der Waals surface area contributed by atoms with Crippen LogP contribution in [-0.2, 0) is 19.7 Å². The molecular weight excluding hydrogens is 464 g/mol. The molecule has 0 atom stereocenters. The standard InChI is InChI=1S/C28H26O4S2/c1-19-15-25(33(29,30)23-11-7-5-8-12-23)16-20(2)27(19)28-21(3)17-26(18-22(28)4)34(31,32)24-13-9-6-10-14-24/h5-18H,1-4H3. The molecule has 6 heteroatoms. The van der Waals surface area contributed by atoms with Crippen LogP contribution in [0.15, 0.2) is 105 Å². The van der Waals surface area contributed by atoms with Crippen LogP contribution in [0.25, 0.3) is 11.1 Å². The van der Waals surface area contributed by atoms with E-state index in [2.05, 4.69) is 0 Å². The van der Waals surface area contributed by atoms with Gasteiger partial charge in [0.25, 0.3) is 0 Å². The molecule has 0 heterocycles. The Morgan fingerprint density at radius 1 is 0.412 bits per heavy atom. The summed E-state index contributed by atoms with van der Waals surface area (Å²) in [5.41, 5.74) is 5.12. The van der Waals surface area contributed by atoms with Gasteiger partial charge in [0.2, 0.25) is 19.7 Å². The highest BCUT2D eigenvalue weighted by Gasteiger charge is 2.23. The molecule has 0 saturated heterocycles. The number of sulfone groups is 2. The summed E-state index contributed by atoms with van der Waals surface area (Å²) in [7, 11) is -7.28. The molecule has 0 radical (unpaired) electrons. The van der Waals surface area contributed by atoms with E-state index in [4.69, 9.17) is 0 Å². The Kier molecular flexibility index (Phi) is 6.23. The van der Waals surface area contributed by atoms with Crippen LogP contribution in [-0.4, -0.2) is 16.8 Å². The molecule has 34 heavy (non-hydrogen) atoms. The van der Waals surface area contributed by atoms with Crippen molar-refractivity contribution in [2.24, 2.45) is 0 Å². The van der Waals surface area contributed by atoms with E-state index >= 15 is 0 Å². The molecule has 0 unspecified atom stereocenters. The minimum atomic E-state index is -3.64. The molecule has 0 aliphatic rings. The van der Waals surface area contributed by atoms with Crippen LogP contribution in [0.1, 0.15) is 22.3 Å². The lowest BCUT2D eigenvalue weighted by atomic mass is 9.89. The van der Waals surface area contributed by atoms with Crippen molar-refractivity contribution in [2.75, 3.05) is 0 Å². The molecule has 4 aromatic carbocycles. The SMILES string of the molecule is Cc1cc(S(=O)(=O)c2ccccc2)cc(C)c1-c1c(C)cc(S(=O)(=O)c2ccccc2)cc1C. The Labute approximate surface area is 201 Å². The highest BCUT2D eigenvalue weighted by atomic mass is 32.2. The van der Waals surface area contributed by atoms with Gasteiger partial charge in [-0.2, -0.15) is 0 Å². The van der Waals surface area contributed by atoms with Crippen LogP contribution in [0.4, 0.5) is 0 Å². The quantitative estimate of drug-likeness (QED) is 0.331. The Bertz CT molecular complexity index is 1420. The number of hydrogen-bond acceptors (Lipinski definition) is 4. The molecule has 4 aromatic rings. The third kappa shape index (κ3) is 4.19. The number of aryl methyl sites for hydroxylation is 4. The van der Waals surface area contributed by atoms with Gasteiger partial charge in [-0.1, -0.05) is 36.4 Å². The van der Waals surface area contributed by atoms with Crippen LogP contribution in [0.5, 0.6) is 0 Å². The van der Waals surface area contributed by atoms with Crippen molar-refractivity contribution in [3.8, 4) is 11.1 Å². The van der Waals surface area contributed by atoms with E-state index in [1.165, 1.54) is 0 Å². The largest absolute Gasteiger partial charge is 0.219 e. The van der Waals surface area contributed by atoms with Crippen LogP contribution < -0.4 is 0 Å². The van der Waals surface area contributed by atoms with Gasteiger partial charge in [-0.05, 0) is 110 Å². The first-order valence-corrected chi connectivity index (χ1v) is 13.8. The van der Waals surface area contributed by atoms with Crippen molar-refractivity contribution in [2.45, 2.75) is 47.3 Å². The first-order chi connectivity index (χ1) is 16.0. The molecule has 0 aromatic heterocycles. The molecule has 0 amide bonds. The van der Waals surface area contributed by atoms with Crippen molar-refractivity contribution in [1.82, 2.24) is 0 Å². The van der Waals surface area contributed by atoms with Crippen molar-refractivity contribution in [1.29, 1.82) is 0 Å². The zero-order valence-corrected chi connectivity index (χ0v) is 21.2. The fourth-order valence-electron chi connectivity index (χ4n) is 4.42. The first kappa shape index (κ1) is 23.9. The van der Waals surface area contributed by atoms with E-state index in [1.807, 2.05) is 27.7 Å². The Balaban J connectivity index is 1.83. The predicted octanol–water partition coefficient (Wildman–Crippen LogP) is 6.25. The van der Waals surface area contributed by atoms with Gasteiger partial charge in [0.1, 0.15) is 0 Å². The molecule has 0 aliphatic heterocycles. The second-order valence-electron chi connectivity index (χ2n) is 8.50. The van der Waals surface area contributed by atoms with Crippen molar-refractivity contribution in [3.05, 3.63) is 107 Å². The second-order valence-corrected chi connectivity index (χ2v) is 12.4. The Morgan fingerprint density at radius 3 is 0.941 bits per heavy atom. The molecule has 0 spiro atoms. The van der Waals surface area contributed by atoms with Gasteiger partial charge >= 0.3 is 0 Å². The molecular formula is C28H26O4S2. The zero-order chi connectivity index (χ0) is 24.7. The topological polar surface area (TPSA) is 68.3 Å². The lowest BCUT2D eigenvalue weighted by Gasteiger charge is -2.19. The maximum atomic E-state index is 13.1. The molecule has 4 nitrogen and oxygen atoms in total. The van der Waals surface area contributed by atoms with Crippen molar-refractivity contribution >= 4 is 19.7 Å². The molecule has 0 aliphatic carbocycles. The summed E-state index contributed by atoms with van der Waals surface area (Å²) in [5.74, 6) is 0. The third-order valence-electron chi connectivity index (χ3n) is 5.99. The van der Waals surface area contributed by atoms with E-state index in [1.54, 1.807) is 84.9 Å². The molecule has 0 fully saturated rings. The lowest BCUT2D eigenvalue weighted by molar-refractivity contribution is 0.594. The summed E-state index contributed by atoms with van der Waals surface area (Å²) in [6, 6.07) is 23.5. The van der Waals surface area contributed by atoms with E-state index in [9.17, 15) is 16.8 Å². The molecule has 0 saturated carbocycles. The monoisotopic (exact) mass is 490 g/mol. The summed E-state index contributed by atoms with van der Waals surface area (Å²) in [5, 5.41) is 0. The summed E-state index contributed by atoms with van der Waals surface area (Å²) >= 11 is 0. The molecule has 0 N–H and O–H groups in total. The summed E-state index contributed by atoms with van der Waals surface area (Å²) in [6.07, 6.45) is 0. The average molecular weight is 491 g/mol. The van der Waals surface area contributed by atoms with Gasteiger partial charge < -0.3 is 0 Å². The maximum absolute atomic E-state index is 13.1. The smallest absolute Gasteiger partial charge is 0.206 e. The fraction of sp³-hybridized carbons (Fsp3) is 0.143. The van der Waals surface area contributed by atoms with Crippen LogP contribution in [0.3, 0.4) is 0 Å². The van der Waals surface area contributed by atoms with E-state index in [0.717, 1.165) is 33.4 Å². The number of benzene rings is 4. The normalized spacial score (nSPS) is 12.0. The lowest BCUT2D eigenvalue weighted by Crippen LogP contribution is -2.06. The minimum absolute atomic E-state index is 0.246. The van der Waals surface area contributed by atoms with Gasteiger partial charge in [-0.25, -0.2) is 16.8 Å². The minimum Gasteiger partial charge on any atom is -0.219 e. The van der Waals surface area contributed by atoms with Gasteiger partial charge in [-0.3, -0.25) is 0 Å². The predicted molar refractivity (Wildman–Crippen MR) is 135 cm³/mol. The van der Waals surface area contributed by atoms with E-state index in [-0.39, 0.29) is 19.6 Å². The van der Waals surface area contributed by atoms with Gasteiger partial charge in [0, 0.05) is 0 Å². The Morgan fingerprint density at radius 2 is 0.676 bits per heavy atom. The van der Waals surface area contributed by atoms with E-state index in [0.29, 0.717) is 0 Å². The van der Waals surface area contributed by atoms with Gasteiger partial charge in [0.05, 0.1) is 19.6 Å². The maximum Gasteiger partial charge on any atom is 0.206 e. The highest BCUT2D eigenvalue weighted by Crippen LogP contribution is 2.37. The second kappa shape index (κ2) is 8.85. The van der Waals surface area contributed by atoms with Crippen LogP contribution in [0.2, 0.25) is 0 Å². The van der Waals surface area contributed by atoms with E-state index < -0.39 is 19.7 Å². The summed E-state index contributed by atoms with van der Waals surface area (Å²) in [4.78, 5) is 1.00. The summed E-state index contributed by atoms with van der Waals surface area (Å²) in [6.45, 7) is 7.55. The van der Waals surface area contributed by atoms with Gasteiger partial charge in [-0.15, -0.1) is 0 Å². The number of hydrogen-bond donors (Lipinski definition) is 0. The number of rotatable bonds is 5. The van der Waals surface area contributed by atoms with Gasteiger partial charge in [0.15, 0.2) is 0 Å². The van der Waals surface area contributed by atoms with Crippen molar-refractivity contribution < 1.29 is 16.8 Å². The van der Waals surface area contributed by atoms with Crippen molar-refractivity contribution in [3.63, 3.8) is 0 Å². The Hall–Kier alpha value is -3.22. The average Bonchev–Trinajstić information content (AvgIpc) is 2.81. The summed E-state index contributed by atoms with van der Waals surface area (Å²) < 4.78 is 52.6. The fourth-order valence-corrected chi connectivity index (χ4v) is 7.32. The highest BCUT2D eigenvalue weighted by molar-refractivity contribution is 7.91. The molecule has 4 rings (SSSR count). The molecule has 174 valence electrons. The van der Waals surface area contributed by atoms with Crippen LogP contribution in [0, 0.1) is 27.7 Å². The zero-order valence-electron chi connectivity index (χ0n) is 19.5. The van der Waals surface area contributed by atoms with Crippen LogP contribution >= 0.6 is 0 Å². The molecule has 0 bridgehead atoms.